The van der Waals surface area contributed by atoms with Crippen molar-refractivity contribution in [3.05, 3.63) is 59.7 Å². The van der Waals surface area contributed by atoms with Crippen LogP contribution in [-0.4, -0.2) is 43.5 Å². The fourth-order valence-electron chi connectivity index (χ4n) is 3.54. The van der Waals surface area contributed by atoms with Crippen molar-refractivity contribution in [1.82, 2.24) is 4.90 Å². The lowest BCUT2D eigenvalue weighted by Gasteiger charge is -2.32. The van der Waals surface area contributed by atoms with Crippen molar-refractivity contribution in [1.29, 1.82) is 0 Å². The Labute approximate surface area is 165 Å². The Morgan fingerprint density at radius 1 is 1.07 bits per heavy atom. The normalized spacial score (nSPS) is 14.5. The lowest BCUT2D eigenvalue weighted by Crippen LogP contribution is -2.38. The second-order valence-corrected chi connectivity index (χ2v) is 7.05. The van der Waals surface area contributed by atoms with E-state index in [-0.39, 0.29) is 12.5 Å². The van der Waals surface area contributed by atoms with Crippen LogP contribution in [0.4, 0.5) is 0 Å². The number of nitrogens with zero attached hydrogens (tertiary/aromatic N) is 1. The van der Waals surface area contributed by atoms with Gasteiger partial charge in [-0.25, -0.2) is 0 Å². The minimum Gasteiger partial charge on any atom is -0.493 e. The zero-order valence-corrected chi connectivity index (χ0v) is 16.1. The molecule has 0 bridgehead atoms. The third-order valence-corrected chi connectivity index (χ3v) is 5.05. The SMILES string of the molecule is COc1cc(C(=O)N2CCC(Cc3ccccc3)CC2)ccc1OCC(N)=O. The molecule has 3 rings (SSSR count). The van der Waals surface area contributed by atoms with Crippen LogP contribution in [0.15, 0.2) is 48.5 Å². The Kier molecular flexibility index (Phi) is 6.53. The summed E-state index contributed by atoms with van der Waals surface area (Å²) in [6.45, 7) is 1.26. The molecule has 0 aromatic heterocycles. The van der Waals surface area contributed by atoms with Crippen molar-refractivity contribution in [3.63, 3.8) is 0 Å². The predicted octanol–water partition coefficient (Wildman–Crippen LogP) is 2.65. The van der Waals surface area contributed by atoms with Crippen LogP contribution in [-0.2, 0) is 11.2 Å². The molecule has 1 aliphatic rings. The second-order valence-electron chi connectivity index (χ2n) is 7.05. The molecule has 6 heteroatoms. The Hall–Kier alpha value is -3.02. The van der Waals surface area contributed by atoms with E-state index < -0.39 is 5.91 Å². The molecule has 0 spiro atoms. The third-order valence-electron chi connectivity index (χ3n) is 5.05. The summed E-state index contributed by atoms with van der Waals surface area (Å²) >= 11 is 0. The first-order chi connectivity index (χ1) is 13.6. The van der Waals surface area contributed by atoms with E-state index in [1.807, 2.05) is 11.0 Å². The van der Waals surface area contributed by atoms with Gasteiger partial charge in [-0.05, 0) is 48.9 Å². The molecule has 1 heterocycles. The molecule has 0 aliphatic carbocycles. The highest BCUT2D eigenvalue weighted by atomic mass is 16.5. The molecule has 2 aromatic carbocycles. The monoisotopic (exact) mass is 382 g/mol. The predicted molar refractivity (Wildman–Crippen MR) is 106 cm³/mol. The Balaban J connectivity index is 1.59. The van der Waals surface area contributed by atoms with Crippen molar-refractivity contribution in [2.24, 2.45) is 11.7 Å². The minimum absolute atomic E-state index is 0.0158. The maximum Gasteiger partial charge on any atom is 0.255 e. The van der Waals surface area contributed by atoms with Crippen molar-refractivity contribution in [2.75, 3.05) is 26.8 Å². The number of hydrogen-bond donors (Lipinski definition) is 1. The number of methoxy groups -OCH3 is 1. The van der Waals surface area contributed by atoms with E-state index in [0.29, 0.717) is 23.0 Å². The molecule has 2 aromatic rings. The molecule has 1 aliphatic heterocycles. The van der Waals surface area contributed by atoms with Crippen LogP contribution < -0.4 is 15.2 Å². The standard InChI is InChI=1S/C22H26N2O4/c1-27-20-14-18(7-8-19(20)28-15-21(23)25)22(26)24-11-9-17(10-12-24)13-16-5-3-2-4-6-16/h2-8,14,17H,9-13,15H2,1H3,(H2,23,25). The molecule has 28 heavy (non-hydrogen) atoms. The first-order valence-electron chi connectivity index (χ1n) is 9.49. The first-order valence-corrected chi connectivity index (χ1v) is 9.49. The Bertz CT molecular complexity index is 815. The number of nitrogens with two attached hydrogens (primary N) is 1. The number of carbonyl (C=O) groups is 2. The number of primary amides is 1. The number of amides is 2. The van der Waals surface area contributed by atoms with Gasteiger partial charge in [0.2, 0.25) is 0 Å². The number of rotatable bonds is 7. The van der Waals surface area contributed by atoms with E-state index in [4.69, 9.17) is 15.2 Å². The van der Waals surface area contributed by atoms with Gasteiger partial charge in [0.25, 0.3) is 11.8 Å². The summed E-state index contributed by atoms with van der Waals surface area (Å²) in [6, 6.07) is 15.5. The molecule has 0 radical (unpaired) electrons. The molecule has 0 atom stereocenters. The van der Waals surface area contributed by atoms with Crippen LogP contribution in [0.2, 0.25) is 0 Å². The Morgan fingerprint density at radius 3 is 2.43 bits per heavy atom. The lowest BCUT2D eigenvalue weighted by atomic mass is 9.90. The van der Waals surface area contributed by atoms with E-state index in [9.17, 15) is 9.59 Å². The fraction of sp³-hybridized carbons (Fsp3) is 0.364. The highest BCUT2D eigenvalue weighted by Gasteiger charge is 2.24. The van der Waals surface area contributed by atoms with E-state index >= 15 is 0 Å². The molecule has 0 saturated carbocycles. The van der Waals surface area contributed by atoms with Crippen LogP contribution in [0.1, 0.15) is 28.8 Å². The quantitative estimate of drug-likeness (QED) is 0.798. The summed E-state index contributed by atoms with van der Waals surface area (Å²) in [5, 5.41) is 0. The number of likely N-dealkylation sites (tertiary alicyclic amines) is 1. The molecule has 148 valence electrons. The van der Waals surface area contributed by atoms with Crippen LogP contribution in [0.5, 0.6) is 11.5 Å². The summed E-state index contributed by atoms with van der Waals surface area (Å²) in [7, 11) is 1.50. The van der Waals surface area contributed by atoms with Crippen LogP contribution in [0.3, 0.4) is 0 Å². The van der Waals surface area contributed by atoms with Gasteiger partial charge in [0.15, 0.2) is 18.1 Å². The summed E-state index contributed by atoms with van der Waals surface area (Å²) in [4.78, 5) is 25.6. The van der Waals surface area contributed by atoms with Crippen LogP contribution in [0.25, 0.3) is 0 Å². The molecule has 6 nitrogen and oxygen atoms in total. The summed E-state index contributed by atoms with van der Waals surface area (Å²) in [5.74, 6) is 0.814. The van der Waals surface area contributed by atoms with E-state index in [2.05, 4.69) is 24.3 Å². The van der Waals surface area contributed by atoms with Crippen LogP contribution >= 0.6 is 0 Å². The molecule has 1 saturated heterocycles. The average molecular weight is 382 g/mol. The van der Waals surface area contributed by atoms with Gasteiger partial charge in [0, 0.05) is 18.7 Å². The first kappa shape index (κ1) is 19.7. The summed E-state index contributed by atoms with van der Waals surface area (Å²) in [6.07, 6.45) is 3.05. The van der Waals surface area contributed by atoms with Gasteiger partial charge in [0.05, 0.1) is 7.11 Å². The van der Waals surface area contributed by atoms with Crippen molar-refractivity contribution < 1.29 is 19.1 Å². The molecule has 2 amide bonds. The van der Waals surface area contributed by atoms with E-state index in [1.165, 1.54) is 12.7 Å². The maximum absolute atomic E-state index is 12.9. The molecule has 1 fully saturated rings. The number of piperidine rings is 1. The van der Waals surface area contributed by atoms with Gasteiger partial charge in [-0.1, -0.05) is 30.3 Å². The molecule has 0 unspecified atom stereocenters. The largest absolute Gasteiger partial charge is 0.493 e. The average Bonchev–Trinajstić information content (AvgIpc) is 2.73. The zero-order valence-electron chi connectivity index (χ0n) is 16.1. The van der Waals surface area contributed by atoms with E-state index in [0.717, 1.165) is 32.4 Å². The molecule has 2 N–H and O–H groups in total. The number of benzene rings is 2. The maximum atomic E-state index is 12.9. The third kappa shape index (κ3) is 5.03. The smallest absolute Gasteiger partial charge is 0.255 e. The zero-order chi connectivity index (χ0) is 19.9. The fourth-order valence-corrected chi connectivity index (χ4v) is 3.54. The van der Waals surface area contributed by atoms with Gasteiger partial charge in [-0.15, -0.1) is 0 Å². The second kappa shape index (κ2) is 9.26. The van der Waals surface area contributed by atoms with Crippen molar-refractivity contribution in [3.8, 4) is 11.5 Å². The van der Waals surface area contributed by atoms with Gasteiger partial charge in [-0.3, -0.25) is 9.59 Å². The molecular weight excluding hydrogens is 356 g/mol. The topological polar surface area (TPSA) is 81.9 Å². The highest BCUT2D eigenvalue weighted by molar-refractivity contribution is 5.95. The highest BCUT2D eigenvalue weighted by Crippen LogP contribution is 2.29. The van der Waals surface area contributed by atoms with Crippen molar-refractivity contribution in [2.45, 2.75) is 19.3 Å². The van der Waals surface area contributed by atoms with Gasteiger partial charge >= 0.3 is 0 Å². The van der Waals surface area contributed by atoms with Crippen molar-refractivity contribution >= 4 is 11.8 Å². The number of ether oxygens (including phenoxy) is 2. The number of carbonyl (C=O) groups excluding carboxylic acids is 2. The van der Waals surface area contributed by atoms with Gasteiger partial charge in [0.1, 0.15) is 0 Å². The summed E-state index contributed by atoms with van der Waals surface area (Å²) in [5.41, 5.74) is 7.00. The van der Waals surface area contributed by atoms with Crippen LogP contribution in [0, 0.1) is 5.92 Å². The molecular formula is C22H26N2O4. The summed E-state index contributed by atoms with van der Waals surface area (Å²) < 4.78 is 10.6. The Morgan fingerprint density at radius 2 is 1.79 bits per heavy atom. The van der Waals surface area contributed by atoms with Gasteiger partial charge in [-0.2, -0.15) is 0 Å². The number of hydrogen-bond acceptors (Lipinski definition) is 4. The van der Waals surface area contributed by atoms with Gasteiger partial charge < -0.3 is 20.1 Å². The van der Waals surface area contributed by atoms with E-state index in [1.54, 1.807) is 18.2 Å². The minimum atomic E-state index is -0.569. The lowest BCUT2D eigenvalue weighted by molar-refractivity contribution is -0.119.